The number of carboxylic acids is 3. The third kappa shape index (κ3) is 6.61. The quantitative estimate of drug-likeness (QED) is 0.0904. The lowest BCUT2D eigenvalue weighted by molar-refractivity contribution is -0.476. The summed E-state index contributed by atoms with van der Waals surface area (Å²) in [5.74, 6) is -9.28. The predicted octanol–water partition coefficient (Wildman–Crippen LogP) is -2.86. The second-order valence-corrected chi connectivity index (χ2v) is 10.1. The molecule has 0 saturated carbocycles. The number of carboxylic acid groups (broad SMARTS) is 3. The molecule has 0 spiro atoms. The van der Waals surface area contributed by atoms with Gasteiger partial charge in [0.15, 0.2) is 5.69 Å². The van der Waals surface area contributed by atoms with E-state index >= 15 is 0 Å². The summed E-state index contributed by atoms with van der Waals surface area (Å²) >= 11 is 0. The second-order valence-electron chi connectivity index (χ2n) is 10.1. The fourth-order valence-electron chi connectivity index (χ4n) is 4.61. The van der Waals surface area contributed by atoms with Crippen LogP contribution in [-0.2, 0) is 30.4 Å². The van der Waals surface area contributed by atoms with Gasteiger partial charge >= 0.3 is 23.8 Å². The van der Waals surface area contributed by atoms with Gasteiger partial charge in [-0.05, 0) is 41.0 Å². The molecule has 1 aliphatic rings. The van der Waals surface area contributed by atoms with Crippen LogP contribution < -0.4 is 16.3 Å². The first kappa shape index (κ1) is 31.0. The Morgan fingerprint density at radius 2 is 1.90 bits per heavy atom. The Kier molecular flexibility index (Phi) is 9.60. The van der Waals surface area contributed by atoms with Gasteiger partial charge in [0.05, 0.1) is 6.61 Å². The van der Waals surface area contributed by atoms with Gasteiger partial charge in [-0.2, -0.15) is 0 Å². The van der Waals surface area contributed by atoms with Crippen LogP contribution in [0.5, 0.6) is 0 Å². The molecule has 1 fully saturated rings. The van der Waals surface area contributed by atoms with Gasteiger partial charge in [0.1, 0.15) is 6.04 Å². The number of hydrazone groups is 1. The number of nitrogens with one attached hydrogen (secondary N) is 1. The van der Waals surface area contributed by atoms with E-state index in [2.05, 4.69) is 4.98 Å². The van der Waals surface area contributed by atoms with E-state index in [1.165, 1.54) is 18.3 Å². The molecule has 1 aromatic rings. The van der Waals surface area contributed by atoms with Crippen molar-refractivity contribution in [3.8, 4) is 0 Å². The van der Waals surface area contributed by atoms with Crippen LogP contribution in [-0.4, -0.2) is 96.5 Å². The van der Waals surface area contributed by atoms with Gasteiger partial charge < -0.3 is 35.9 Å². The minimum absolute atomic E-state index is 0.0541. The van der Waals surface area contributed by atoms with Gasteiger partial charge in [-0.25, -0.2) is 19.4 Å². The van der Waals surface area contributed by atoms with E-state index in [1.54, 1.807) is 20.8 Å². The van der Waals surface area contributed by atoms with E-state index in [0.29, 0.717) is 5.56 Å². The summed E-state index contributed by atoms with van der Waals surface area (Å²) in [4.78, 5) is 79.4. The summed E-state index contributed by atoms with van der Waals surface area (Å²) < 4.78 is 0.241. The number of rotatable bonds is 9. The molecule has 212 valence electrons. The number of hydrogen-bond acceptors (Lipinski definition) is 10. The van der Waals surface area contributed by atoms with Crippen molar-refractivity contribution in [2.24, 2.45) is 17.1 Å². The number of carbonyl (C=O) groups is 6. The Labute approximate surface area is 222 Å². The summed E-state index contributed by atoms with van der Waals surface area (Å²) in [5.41, 5.74) is 4.26. The zero-order valence-corrected chi connectivity index (χ0v) is 21.6. The maximum atomic E-state index is 13.7. The highest BCUT2D eigenvalue weighted by Gasteiger charge is 2.66. The standard InChI is InChI=1S/C24H31N5O10/c1-23(2,3)16-8-9-28(19(35)14(25)12-30)24(16,22(38)39)21(37)27-29(11-18(33)34)20(36)15-6-4-13(10-26-15)5-7-17(31)32/h4,6,10-11,14,16,30H,5,7-9,12,25H2,1-3H3,(H3-,27,31,32,33,34,37,38,39)/t14-,16?,24+/m0/s1. The van der Waals surface area contributed by atoms with Gasteiger partial charge in [-0.3, -0.25) is 9.59 Å². The van der Waals surface area contributed by atoms with E-state index in [-0.39, 0.29) is 42.4 Å². The number of hydrazine groups is 1. The average molecular weight is 550 g/mol. The molecule has 15 heteroatoms. The van der Waals surface area contributed by atoms with Crippen LogP contribution in [0.15, 0.2) is 18.3 Å². The zero-order chi connectivity index (χ0) is 29.7. The molecule has 0 aromatic carbocycles. The van der Waals surface area contributed by atoms with E-state index in [4.69, 9.17) is 5.73 Å². The van der Waals surface area contributed by atoms with Crippen LogP contribution in [0.2, 0.25) is 0 Å². The van der Waals surface area contributed by atoms with Gasteiger partial charge in [0, 0.05) is 24.6 Å². The third-order valence-corrected chi connectivity index (χ3v) is 6.41. The van der Waals surface area contributed by atoms with Crippen LogP contribution in [0.1, 0.15) is 49.7 Å². The van der Waals surface area contributed by atoms with Crippen LogP contribution in [0, 0.1) is 11.3 Å². The molecular formula is C24H31N5O10. The molecule has 1 aliphatic heterocycles. The molecule has 15 nitrogen and oxygen atoms in total. The summed E-state index contributed by atoms with van der Waals surface area (Å²) in [7, 11) is 0. The van der Waals surface area contributed by atoms with Crippen molar-refractivity contribution in [1.29, 1.82) is 0 Å². The SMILES string of the molecule is CC(C)(C)C1CCN(C(=O)[C@@H](N)CO)[C@@]1(C(=O)O)C(=O)N[N+](=CC(=O)O)C(=O)c1ccc(CCC(=O)[O-])cn1. The third-order valence-electron chi connectivity index (χ3n) is 6.41. The fourth-order valence-corrected chi connectivity index (χ4v) is 4.61. The highest BCUT2D eigenvalue weighted by molar-refractivity contribution is 6.21. The average Bonchev–Trinajstić information content (AvgIpc) is 3.28. The van der Waals surface area contributed by atoms with Gasteiger partial charge in [0.25, 0.3) is 6.21 Å². The van der Waals surface area contributed by atoms with Crippen molar-refractivity contribution < 1.29 is 53.9 Å². The molecule has 2 heterocycles. The van der Waals surface area contributed by atoms with Gasteiger partial charge in [-0.15, -0.1) is 5.43 Å². The normalized spacial score (nSPS) is 20.3. The summed E-state index contributed by atoms with van der Waals surface area (Å²) in [6.45, 7) is 3.93. The maximum absolute atomic E-state index is 13.7. The number of aromatic nitrogens is 1. The van der Waals surface area contributed by atoms with Gasteiger partial charge in [0.2, 0.25) is 11.4 Å². The lowest BCUT2D eigenvalue weighted by Crippen LogP contribution is -2.69. The van der Waals surface area contributed by atoms with Crippen molar-refractivity contribution in [3.05, 3.63) is 29.6 Å². The molecule has 1 unspecified atom stereocenters. The fraction of sp³-hybridized carbons (Fsp3) is 0.500. The molecular weight excluding hydrogens is 518 g/mol. The molecule has 0 aliphatic carbocycles. The Morgan fingerprint density at radius 3 is 2.36 bits per heavy atom. The minimum Gasteiger partial charge on any atom is -0.550 e. The smallest absolute Gasteiger partial charge is 0.466 e. The first-order valence-electron chi connectivity index (χ1n) is 11.9. The van der Waals surface area contributed by atoms with Crippen LogP contribution in [0.25, 0.3) is 0 Å². The lowest BCUT2D eigenvalue weighted by atomic mass is 9.68. The van der Waals surface area contributed by atoms with Crippen molar-refractivity contribution >= 4 is 41.8 Å². The Balaban J connectivity index is 2.54. The molecule has 6 N–H and O–H groups in total. The number of carbonyl (C=O) groups excluding carboxylic acids is 4. The first-order valence-corrected chi connectivity index (χ1v) is 11.9. The number of pyridine rings is 1. The number of aliphatic carboxylic acids is 3. The molecule has 3 atom stereocenters. The molecule has 1 saturated heterocycles. The van der Waals surface area contributed by atoms with Crippen molar-refractivity contribution in [3.63, 3.8) is 0 Å². The summed E-state index contributed by atoms with van der Waals surface area (Å²) in [6, 6.07) is 1.00. The second kappa shape index (κ2) is 12.1. The summed E-state index contributed by atoms with van der Waals surface area (Å²) in [5, 5.41) is 39.7. The van der Waals surface area contributed by atoms with E-state index in [1.807, 2.05) is 5.43 Å². The number of aryl methyl sites for hydroxylation is 1. The maximum Gasteiger partial charge on any atom is 0.466 e. The monoisotopic (exact) mass is 549 g/mol. The number of likely N-dealkylation sites (tertiary alicyclic amines) is 1. The van der Waals surface area contributed by atoms with E-state index < -0.39 is 65.1 Å². The topological polar surface area (TPSA) is 243 Å². The van der Waals surface area contributed by atoms with Crippen LogP contribution >= 0.6 is 0 Å². The Bertz CT molecular complexity index is 1190. The largest absolute Gasteiger partial charge is 0.550 e. The van der Waals surface area contributed by atoms with Crippen molar-refractivity contribution in [1.82, 2.24) is 15.3 Å². The van der Waals surface area contributed by atoms with Crippen molar-refractivity contribution in [2.75, 3.05) is 13.2 Å². The number of nitrogens with zero attached hydrogens (tertiary/aromatic N) is 3. The molecule has 0 bridgehead atoms. The Hall–Kier alpha value is -4.24. The number of amides is 3. The van der Waals surface area contributed by atoms with Crippen molar-refractivity contribution in [2.45, 2.75) is 51.6 Å². The molecule has 39 heavy (non-hydrogen) atoms. The molecule has 0 radical (unpaired) electrons. The predicted molar refractivity (Wildman–Crippen MR) is 129 cm³/mol. The van der Waals surface area contributed by atoms with E-state index in [0.717, 1.165) is 4.90 Å². The molecule has 1 aromatic heterocycles. The number of aliphatic hydroxyl groups is 1. The Morgan fingerprint density at radius 1 is 1.26 bits per heavy atom. The van der Waals surface area contributed by atoms with Crippen LogP contribution in [0.4, 0.5) is 0 Å². The number of nitrogens with two attached hydrogens (primary N) is 1. The lowest BCUT2D eigenvalue weighted by Gasteiger charge is -2.41. The zero-order valence-electron chi connectivity index (χ0n) is 21.6. The highest BCUT2D eigenvalue weighted by atomic mass is 16.4. The first-order chi connectivity index (χ1) is 18.1. The molecule has 3 amide bonds. The van der Waals surface area contributed by atoms with E-state index in [9.17, 15) is 49.2 Å². The minimum atomic E-state index is -2.62. The highest BCUT2D eigenvalue weighted by Crippen LogP contribution is 2.46. The molecule has 2 rings (SSSR count). The number of hydrogen-bond donors (Lipinski definition) is 5. The van der Waals surface area contributed by atoms with Gasteiger partial charge in [-0.1, -0.05) is 26.8 Å². The summed E-state index contributed by atoms with van der Waals surface area (Å²) in [6.07, 6.45) is 1.28. The number of aliphatic hydroxyl groups excluding tert-OH is 1. The van der Waals surface area contributed by atoms with Crippen LogP contribution in [0.3, 0.4) is 0 Å².